The lowest BCUT2D eigenvalue weighted by Crippen LogP contribution is -2.13. The van der Waals surface area contributed by atoms with E-state index in [9.17, 15) is 17.6 Å². The number of halogens is 5. The Kier molecular flexibility index (Phi) is 5.62. The van der Waals surface area contributed by atoms with Crippen LogP contribution in [-0.4, -0.2) is 9.78 Å². The molecule has 0 atom stereocenters. The van der Waals surface area contributed by atoms with Crippen LogP contribution in [0.1, 0.15) is 36.5 Å². The van der Waals surface area contributed by atoms with Gasteiger partial charge in [0, 0.05) is 5.56 Å². The lowest BCUT2D eigenvalue weighted by Gasteiger charge is -2.15. The third-order valence-electron chi connectivity index (χ3n) is 3.61. The molecule has 1 aromatic carbocycles. The van der Waals surface area contributed by atoms with E-state index in [4.69, 9.17) is 23.1 Å². The lowest BCUT2D eigenvalue weighted by atomic mass is 10.0. The van der Waals surface area contributed by atoms with Crippen molar-refractivity contribution < 1.29 is 17.6 Å². The summed E-state index contributed by atoms with van der Waals surface area (Å²) in [7, 11) is 0. The molecule has 0 spiro atoms. The summed E-state index contributed by atoms with van der Waals surface area (Å²) in [5.74, 6) is -1.22. The number of rotatable bonds is 5. The summed E-state index contributed by atoms with van der Waals surface area (Å²) < 4.78 is 54.9. The fourth-order valence-corrected chi connectivity index (χ4v) is 2.50. The first-order valence-corrected chi connectivity index (χ1v) is 7.89. The highest BCUT2D eigenvalue weighted by Gasteiger charge is 2.36. The molecule has 0 aliphatic heterocycles. The highest BCUT2D eigenvalue weighted by molar-refractivity contribution is 6.31. The highest BCUT2D eigenvalue weighted by Crippen LogP contribution is 2.35. The zero-order chi connectivity index (χ0) is 18.8. The number of aromatic nitrogens is 2. The van der Waals surface area contributed by atoms with Gasteiger partial charge in [0.1, 0.15) is 11.6 Å². The Hall–Kier alpha value is -2.22. The van der Waals surface area contributed by atoms with Crippen molar-refractivity contribution in [3.05, 3.63) is 46.0 Å². The zero-order valence-electron chi connectivity index (χ0n) is 13.4. The molecule has 0 fully saturated rings. The number of unbranched alkanes of at least 4 members (excludes halogenated alkanes) is 1. The summed E-state index contributed by atoms with van der Waals surface area (Å²) >= 11 is 5.58. The van der Waals surface area contributed by atoms with Crippen LogP contribution in [0.3, 0.4) is 0 Å². The lowest BCUT2D eigenvalue weighted by molar-refractivity contribution is -0.140. The molecule has 136 valence electrons. The van der Waals surface area contributed by atoms with Gasteiger partial charge in [-0.3, -0.25) is 0 Å². The maximum Gasteiger partial charge on any atom is 0.419 e. The van der Waals surface area contributed by atoms with Crippen LogP contribution in [0.25, 0.3) is 11.8 Å². The minimum atomic E-state index is -4.83. The quantitative estimate of drug-likeness (QED) is 0.598. The molecule has 1 aromatic heterocycles. The Bertz CT molecular complexity index is 792. The molecule has 25 heavy (non-hydrogen) atoms. The van der Waals surface area contributed by atoms with E-state index in [2.05, 4.69) is 5.10 Å². The van der Waals surface area contributed by atoms with Gasteiger partial charge < -0.3 is 11.5 Å². The van der Waals surface area contributed by atoms with E-state index < -0.39 is 17.6 Å². The van der Waals surface area contributed by atoms with Gasteiger partial charge in [-0.05, 0) is 36.6 Å². The number of alkyl halides is 3. The van der Waals surface area contributed by atoms with Crippen LogP contribution in [0.15, 0.2) is 23.5 Å². The van der Waals surface area contributed by atoms with E-state index in [0.717, 1.165) is 11.1 Å². The van der Waals surface area contributed by atoms with Gasteiger partial charge >= 0.3 is 6.18 Å². The van der Waals surface area contributed by atoms with Crippen LogP contribution < -0.4 is 11.5 Å². The van der Waals surface area contributed by atoms with Crippen molar-refractivity contribution in [1.82, 2.24) is 9.78 Å². The summed E-state index contributed by atoms with van der Waals surface area (Å²) in [4.78, 5) is 0. The minimum absolute atomic E-state index is 0.0186. The van der Waals surface area contributed by atoms with Gasteiger partial charge in [0.05, 0.1) is 22.6 Å². The van der Waals surface area contributed by atoms with Crippen molar-refractivity contribution >= 4 is 23.5 Å². The Morgan fingerprint density at radius 1 is 1.36 bits per heavy atom. The summed E-state index contributed by atoms with van der Waals surface area (Å²) in [6.07, 6.45) is -0.727. The van der Waals surface area contributed by atoms with Gasteiger partial charge in [-0.25, -0.2) is 9.07 Å². The Labute approximate surface area is 147 Å². The molecule has 0 amide bonds. The Balaban J connectivity index is 2.62. The van der Waals surface area contributed by atoms with Crippen molar-refractivity contribution in [2.75, 3.05) is 5.73 Å². The molecular formula is C16H17ClF4N4. The maximum atomic E-state index is 14.2. The van der Waals surface area contributed by atoms with Gasteiger partial charge in [0.25, 0.3) is 0 Å². The third kappa shape index (κ3) is 4.25. The SMILES string of the molecule is CCCCc1cc(-n2ncc(/C=C(\N)Cl)c2N)cc(C(F)(F)F)c1F. The normalized spacial score (nSPS) is 12.6. The molecule has 2 rings (SSSR count). The summed E-state index contributed by atoms with van der Waals surface area (Å²) in [5.41, 5.74) is 10.2. The molecule has 0 bridgehead atoms. The number of anilines is 1. The smallest absolute Gasteiger partial charge is 0.389 e. The van der Waals surface area contributed by atoms with Crippen molar-refractivity contribution in [2.24, 2.45) is 5.73 Å². The van der Waals surface area contributed by atoms with Gasteiger partial charge in [0.15, 0.2) is 0 Å². The molecule has 1 heterocycles. The molecule has 0 aliphatic carbocycles. The van der Waals surface area contributed by atoms with E-state index in [1.54, 1.807) is 0 Å². The first-order valence-electron chi connectivity index (χ1n) is 7.51. The van der Waals surface area contributed by atoms with Gasteiger partial charge in [-0.1, -0.05) is 24.9 Å². The number of hydrogen-bond donors (Lipinski definition) is 2. The summed E-state index contributed by atoms with van der Waals surface area (Å²) in [6, 6.07) is 2.01. The third-order valence-corrected chi connectivity index (χ3v) is 3.72. The standard InChI is InChI=1S/C16H17ClF4N4/c1-2-3-4-9-5-11(7-12(14(9)18)16(19,20)21)25-15(23)10(8-24-25)6-13(17)22/h5-8H,2-4,22-23H2,1H3/b13-6-. The summed E-state index contributed by atoms with van der Waals surface area (Å²) in [5, 5.41) is 3.91. The number of hydrogen-bond acceptors (Lipinski definition) is 3. The van der Waals surface area contributed by atoms with Gasteiger partial charge in [0.2, 0.25) is 0 Å². The van der Waals surface area contributed by atoms with Crippen LogP contribution in [0.2, 0.25) is 0 Å². The van der Waals surface area contributed by atoms with Crippen LogP contribution >= 0.6 is 11.6 Å². The van der Waals surface area contributed by atoms with Gasteiger partial charge in [-0.15, -0.1) is 0 Å². The molecule has 4 N–H and O–H groups in total. The molecule has 2 aromatic rings. The van der Waals surface area contributed by atoms with Crippen LogP contribution in [0, 0.1) is 5.82 Å². The van der Waals surface area contributed by atoms with Crippen molar-refractivity contribution in [3.63, 3.8) is 0 Å². The molecular weight excluding hydrogens is 360 g/mol. The van der Waals surface area contributed by atoms with E-state index in [1.807, 2.05) is 6.92 Å². The van der Waals surface area contributed by atoms with E-state index in [-0.39, 0.29) is 28.6 Å². The maximum absolute atomic E-state index is 14.2. The second-order valence-electron chi connectivity index (χ2n) is 5.49. The predicted molar refractivity (Wildman–Crippen MR) is 89.6 cm³/mol. The minimum Gasteiger partial charge on any atom is -0.389 e. The topological polar surface area (TPSA) is 69.9 Å². The molecule has 0 saturated heterocycles. The number of nitrogens with two attached hydrogens (primary N) is 2. The Morgan fingerprint density at radius 2 is 2.04 bits per heavy atom. The largest absolute Gasteiger partial charge is 0.419 e. The summed E-state index contributed by atoms with van der Waals surface area (Å²) in [6.45, 7) is 1.87. The fourth-order valence-electron chi connectivity index (χ4n) is 2.38. The molecule has 4 nitrogen and oxygen atoms in total. The Morgan fingerprint density at radius 3 is 2.60 bits per heavy atom. The second kappa shape index (κ2) is 7.35. The van der Waals surface area contributed by atoms with E-state index in [1.165, 1.54) is 18.3 Å². The molecule has 0 radical (unpaired) electrons. The monoisotopic (exact) mass is 376 g/mol. The van der Waals surface area contributed by atoms with E-state index in [0.29, 0.717) is 18.1 Å². The van der Waals surface area contributed by atoms with Crippen LogP contribution in [0.5, 0.6) is 0 Å². The van der Waals surface area contributed by atoms with Crippen molar-refractivity contribution in [3.8, 4) is 5.69 Å². The average Bonchev–Trinajstić information content (AvgIpc) is 2.85. The van der Waals surface area contributed by atoms with E-state index >= 15 is 0 Å². The highest BCUT2D eigenvalue weighted by atomic mass is 35.5. The van der Waals surface area contributed by atoms with Crippen LogP contribution in [-0.2, 0) is 12.6 Å². The first-order chi connectivity index (χ1) is 11.6. The van der Waals surface area contributed by atoms with Crippen LogP contribution in [0.4, 0.5) is 23.4 Å². The molecule has 9 heteroatoms. The number of nitrogens with zero attached hydrogens (tertiary/aromatic N) is 2. The average molecular weight is 377 g/mol. The van der Waals surface area contributed by atoms with Gasteiger partial charge in [-0.2, -0.15) is 18.3 Å². The predicted octanol–water partition coefficient (Wildman–Crippen LogP) is 4.45. The van der Waals surface area contributed by atoms with Crippen molar-refractivity contribution in [2.45, 2.75) is 32.4 Å². The number of aryl methyl sites for hydroxylation is 1. The fraction of sp³-hybridized carbons (Fsp3) is 0.312. The first kappa shape index (κ1) is 19.1. The zero-order valence-corrected chi connectivity index (χ0v) is 14.1. The van der Waals surface area contributed by atoms with Crippen molar-refractivity contribution in [1.29, 1.82) is 0 Å². The molecule has 0 aliphatic rings. The number of benzene rings is 1. The number of nitrogen functional groups attached to an aromatic ring is 1. The molecule has 0 saturated carbocycles. The second-order valence-corrected chi connectivity index (χ2v) is 5.93. The molecule has 0 unspecified atom stereocenters.